The van der Waals surface area contributed by atoms with Crippen LogP contribution in [-0.2, 0) is 5.41 Å². The zero-order chi connectivity index (χ0) is 14.4. The minimum absolute atomic E-state index is 0.236. The molecule has 1 aliphatic rings. The number of aliphatic imine (C=N–C) groups is 1. The van der Waals surface area contributed by atoms with Crippen LogP contribution in [0.2, 0.25) is 0 Å². The lowest BCUT2D eigenvalue weighted by atomic mass is 9.96. The van der Waals surface area contributed by atoms with Gasteiger partial charge in [0, 0.05) is 23.0 Å². The third-order valence-electron chi connectivity index (χ3n) is 3.59. The van der Waals surface area contributed by atoms with Gasteiger partial charge in [-0.25, -0.2) is 0 Å². The Morgan fingerprint density at radius 3 is 2.85 bits per heavy atom. The van der Waals surface area contributed by atoms with Crippen molar-refractivity contribution in [3.05, 3.63) is 47.0 Å². The molecule has 20 heavy (non-hydrogen) atoms. The Balaban J connectivity index is 2.05. The highest BCUT2D eigenvalue weighted by molar-refractivity contribution is 9.10. The second-order valence-corrected chi connectivity index (χ2v) is 6.07. The van der Waals surface area contributed by atoms with Gasteiger partial charge in [-0.05, 0) is 37.5 Å². The number of benzene rings is 1. The minimum atomic E-state index is 0.236. The van der Waals surface area contributed by atoms with E-state index in [9.17, 15) is 0 Å². The van der Waals surface area contributed by atoms with Gasteiger partial charge in [0.05, 0.1) is 6.54 Å². The molecule has 3 nitrogen and oxygen atoms in total. The Kier molecular flexibility index (Phi) is 5.24. The Morgan fingerprint density at radius 1 is 1.45 bits per heavy atom. The number of guanidine groups is 1. The van der Waals surface area contributed by atoms with Crippen LogP contribution in [0.5, 0.6) is 0 Å². The summed E-state index contributed by atoms with van der Waals surface area (Å²) in [6, 6.07) is 8.59. The van der Waals surface area contributed by atoms with Crippen molar-refractivity contribution in [1.29, 1.82) is 0 Å². The van der Waals surface area contributed by atoms with Crippen molar-refractivity contribution >= 4 is 21.9 Å². The van der Waals surface area contributed by atoms with E-state index in [1.54, 1.807) is 0 Å². The first-order chi connectivity index (χ1) is 9.70. The van der Waals surface area contributed by atoms with Gasteiger partial charge in [-0.3, -0.25) is 4.99 Å². The van der Waals surface area contributed by atoms with Crippen LogP contribution < -0.4 is 10.6 Å². The molecular weight excluding hydrogens is 314 g/mol. The number of nitrogens with one attached hydrogen (secondary N) is 2. The summed E-state index contributed by atoms with van der Waals surface area (Å²) in [5.41, 5.74) is 1.62. The van der Waals surface area contributed by atoms with Crippen LogP contribution in [0, 0.1) is 0 Å². The second-order valence-electron chi connectivity index (χ2n) is 5.16. The number of nitrogens with zero attached hydrogens (tertiary/aromatic N) is 1. The second kappa shape index (κ2) is 6.93. The molecule has 108 valence electrons. The molecule has 0 amide bonds. The number of halogens is 1. The summed E-state index contributed by atoms with van der Waals surface area (Å²) < 4.78 is 1.14. The van der Waals surface area contributed by atoms with Crippen molar-refractivity contribution in [2.45, 2.75) is 25.2 Å². The molecule has 0 bridgehead atoms. The molecule has 2 rings (SSSR count). The quantitative estimate of drug-likeness (QED) is 0.475. The molecule has 1 aliphatic carbocycles. The van der Waals surface area contributed by atoms with Crippen LogP contribution in [0.1, 0.15) is 25.3 Å². The molecule has 1 aromatic carbocycles. The van der Waals surface area contributed by atoms with E-state index >= 15 is 0 Å². The molecule has 1 aromatic rings. The van der Waals surface area contributed by atoms with Gasteiger partial charge in [0.25, 0.3) is 0 Å². The third kappa shape index (κ3) is 3.85. The van der Waals surface area contributed by atoms with Crippen molar-refractivity contribution in [2.24, 2.45) is 4.99 Å². The summed E-state index contributed by atoms with van der Waals surface area (Å²) in [5, 5.41) is 6.51. The maximum Gasteiger partial charge on any atom is 0.191 e. The van der Waals surface area contributed by atoms with E-state index in [1.165, 1.54) is 18.4 Å². The lowest BCUT2D eigenvalue weighted by Crippen LogP contribution is -2.38. The largest absolute Gasteiger partial charge is 0.357 e. The van der Waals surface area contributed by atoms with Gasteiger partial charge >= 0.3 is 0 Å². The molecule has 2 N–H and O–H groups in total. The standard InChI is InChI=1S/C16H22BrN3/c1-3-10-19-15(18-4-2)20-12-16(8-9-16)13-6-5-7-14(17)11-13/h3,5-7,11H,1,4,8-10,12H2,2H3,(H2,18,19,20). The van der Waals surface area contributed by atoms with Gasteiger partial charge in [-0.1, -0.05) is 34.1 Å². The first-order valence-corrected chi connectivity index (χ1v) is 7.88. The summed E-state index contributed by atoms with van der Waals surface area (Å²) in [6.07, 6.45) is 4.27. The summed E-state index contributed by atoms with van der Waals surface area (Å²) in [4.78, 5) is 4.72. The van der Waals surface area contributed by atoms with E-state index in [2.05, 4.69) is 64.3 Å². The van der Waals surface area contributed by atoms with E-state index in [0.717, 1.165) is 30.1 Å². The Hall–Kier alpha value is -1.29. The van der Waals surface area contributed by atoms with Crippen molar-refractivity contribution in [3.8, 4) is 0 Å². The maximum absolute atomic E-state index is 4.72. The summed E-state index contributed by atoms with van der Waals surface area (Å²) in [7, 11) is 0. The normalized spacial score (nSPS) is 16.6. The number of hydrogen-bond acceptors (Lipinski definition) is 1. The molecule has 4 heteroatoms. The van der Waals surface area contributed by atoms with Crippen molar-refractivity contribution < 1.29 is 0 Å². The lowest BCUT2D eigenvalue weighted by Gasteiger charge is -2.15. The molecule has 0 atom stereocenters. The van der Waals surface area contributed by atoms with Crippen molar-refractivity contribution in [2.75, 3.05) is 19.6 Å². The highest BCUT2D eigenvalue weighted by Crippen LogP contribution is 2.48. The monoisotopic (exact) mass is 335 g/mol. The first kappa shape index (κ1) is 15.1. The molecule has 1 fully saturated rings. The Bertz CT molecular complexity index is 492. The topological polar surface area (TPSA) is 36.4 Å². The van der Waals surface area contributed by atoms with Crippen LogP contribution in [0.25, 0.3) is 0 Å². The molecule has 0 heterocycles. The molecule has 1 saturated carbocycles. The predicted molar refractivity (Wildman–Crippen MR) is 89.2 cm³/mol. The third-order valence-corrected chi connectivity index (χ3v) is 4.08. The van der Waals surface area contributed by atoms with E-state index < -0.39 is 0 Å². The van der Waals surface area contributed by atoms with Gasteiger partial charge < -0.3 is 10.6 Å². The Labute approximate surface area is 129 Å². The van der Waals surface area contributed by atoms with Crippen LogP contribution >= 0.6 is 15.9 Å². The molecule has 0 spiro atoms. The average molecular weight is 336 g/mol. The SMILES string of the molecule is C=CCNC(=NCC1(c2cccc(Br)c2)CC1)NCC. The van der Waals surface area contributed by atoms with Crippen molar-refractivity contribution in [3.63, 3.8) is 0 Å². The summed E-state index contributed by atoms with van der Waals surface area (Å²) in [5.74, 6) is 0.869. The highest BCUT2D eigenvalue weighted by Gasteiger charge is 2.44. The fourth-order valence-electron chi connectivity index (χ4n) is 2.25. The van der Waals surface area contributed by atoms with Gasteiger partial charge in [0.2, 0.25) is 0 Å². The van der Waals surface area contributed by atoms with Crippen LogP contribution in [0.3, 0.4) is 0 Å². The van der Waals surface area contributed by atoms with E-state index in [4.69, 9.17) is 4.99 Å². The van der Waals surface area contributed by atoms with Gasteiger partial charge in [-0.15, -0.1) is 6.58 Å². The van der Waals surface area contributed by atoms with E-state index in [1.807, 2.05) is 6.08 Å². The summed E-state index contributed by atoms with van der Waals surface area (Å²) >= 11 is 3.55. The fourth-order valence-corrected chi connectivity index (χ4v) is 2.65. The zero-order valence-corrected chi connectivity index (χ0v) is 13.5. The average Bonchev–Trinajstić information content (AvgIpc) is 3.23. The predicted octanol–water partition coefficient (Wildman–Crippen LogP) is 3.22. The zero-order valence-electron chi connectivity index (χ0n) is 12.0. The number of rotatable bonds is 6. The first-order valence-electron chi connectivity index (χ1n) is 7.09. The van der Waals surface area contributed by atoms with Crippen LogP contribution in [0.4, 0.5) is 0 Å². The highest BCUT2D eigenvalue weighted by atomic mass is 79.9. The van der Waals surface area contributed by atoms with E-state index in [0.29, 0.717) is 0 Å². The molecule has 0 unspecified atom stereocenters. The molecule has 0 saturated heterocycles. The van der Waals surface area contributed by atoms with Crippen LogP contribution in [-0.4, -0.2) is 25.6 Å². The molecule has 0 aromatic heterocycles. The fraction of sp³-hybridized carbons (Fsp3) is 0.438. The van der Waals surface area contributed by atoms with Crippen LogP contribution in [0.15, 0.2) is 46.4 Å². The summed E-state index contributed by atoms with van der Waals surface area (Å²) in [6.45, 7) is 8.23. The molecule has 0 aliphatic heterocycles. The van der Waals surface area contributed by atoms with Gasteiger partial charge in [0.1, 0.15) is 0 Å². The maximum atomic E-state index is 4.72. The molecular formula is C16H22BrN3. The van der Waals surface area contributed by atoms with Gasteiger partial charge in [0.15, 0.2) is 5.96 Å². The Morgan fingerprint density at radius 2 is 2.25 bits per heavy atom. The smallest absolute Gasteiger partial charge is 0.191 e. The van der Waals surface area contributed by atoms with Gasteiger partial charge in [-0.2, -0.15) is 0 Å². The number of hydrogen-bond donors (Lipinski definition) is 2. The minimum Gasteiger partial charge on any atom is -0.357 e. The van der Waals surface area contributed by atoms with Crippen molar-refractivity contribution in [1.82, 2.24) is 10.6 Å². The molecule has 0 radical (unpaired) electrons. The van der Waals surface area contributed by atoms with E-state index in [-0.39, 0.29) is 5.41 Å². The lowest BCUT2D eigenvalue weighted by molar-refractivity contribution is 0.695.